The van der Waals surface area contributed by atoms with Crippen molar-refractivity contribution in [1.29, 1.82) is 0 Å². The van der Waals surface area contributed by atoms with E-state index in [1.54, 1.807) is 16.8 Å². The number of nitrogens with zero attached hydrogens (tertiary/aromatic N) is 2. The smallest absolute Gasteiger partial charge is 0.430 e. The third kappa shape index (κ3) is 3.18. The van der Waals surface area contributed by atoms with Crippen LogP contribution in [0.5, 0.6) is 5.75 Å². The van der Waals surface area contributed by atoms with E-state index >= 15 is 0 Å². The Balaban J connectivity index is 1.78. The van der Waals surface area contributed by atoms with Gasteiger partial charge in [0.25, 0.3) is 6.17 Å². The molecule has 0 bridgehead atoms. The van der Waals surface area contributed by atoms with Gasteiger partial charge in [-0.3, -0.25) is 4.40 Å². The molecule has 0 aliphatic heterocycles. The van der Waals surface area contributed by atoms with Crippen LogP contribution in [0.1, 0.15) is 0 Å². The van der Waals surface area contributed by atoms with Gasteiger partial charge in [-0.05, 0) is 24.3 Å². The number of halogens is 6. The second kappa shape index (κ2) is 5.69. The molecule has 10 heteroatoms. The molecule has 128 valence electrons. The maximum atomic E-state index is 13.2. The van der Waals surface area contributed by atoms with Crippen LogP contribution in [0.3, 0.4) is 0 Å². The summed E-state index contributed by atoms with van der Waals surface area (Å²) in [5.41, 5.74) is 1.10. The van der Waals surface area contributed by atoms with Crippen LogP contribution < -0.4 is 4.74 Å². The zero-order valence-electron chi connectivity index (χ0n) is 11.6. The minimum atomic E-state index is -5.72. The second-order valence-electron chi connectivity index (χ2n) is 4.81. The highest BCUT2D eigenvalue weighted by Crippen LogP contribution is 2.36. The lowest BCUT2D eigenvalue weighted by Crippen LogP contribution is -2.45. The molecule has 0 N–H and O–H groups in total. The molecule has 3 aromatic rings. The molecule has 0 spiro atoms. The standard InChI is InChI=1S/C14H8F6N2OS/c15-11(13(16,17)18)14(19,20)23-9-3-1-8(2-4-9)10-7-22-5-6-24-12(22)21-10/h1-7,11H. The summed E-state index contributed by atoms with van der Waals surface area (Å²) in [5, 5.41) is 1.83. The number of thiazole rings is 1. The van der Waals surface area contributed by atoms with Gasteiger partial charge >= 0.3 is 12.3 Å². The SMILES string of the molecule is FC(C(F)(F)F)C(F)(F)Oc1ccc(-c2cn3ccsc3n2)cc1. The lowest BCUT2D eigenvalue weighted by Gasteiger charge is -2.23. The molecule has 0 saturated heterocycles. The molecule has 1 aromatic carbocycles. The van der Waals surface area contributed by atoms with Gasteiger partial charge < -0.3 is 4.74 Å². The number of ether oxygens (including phenoxy) is 1. The van der Waals surface area contributed by atoms with Crippen molar-refractivity contribution in [2.24, 2.45) is 0 Å². The molecular weight excluding hydrogens is 358 g/mol. The number of aromatic nitrogens is 2. The minimum Gasteiger partial charge on any atom is -0.430 e. The van der Waals surface area contributed by atoms with Crippen LogP contribution in [0.15, 0.2) is 42.0 Å². The first-order valence-electron chi connectivity index (χ1n) is 6.47. The molecule has 0 saturated carbocycles. The molecule has 1 atom stereocenters. The summed E-state index contributed by atoms with van der Waals surface area (Å²) in [5.74, 6) is -0.586. The minimum absolute atomic E-state index is 0.550. The van der Waals surface area contributed by atoms with E-state index in [1.165, 1.54) is 23.5 Å². The van der Waals surface area contributed by atoms with Gasteiger partial charge in [-0.15, -0.1) is 11.3 Å². The Morgan fingerprint density at radius 1 is 1.08 bits per heavy atom. The van der Waals surface area contributed by atoms with Crippen molar-refractivity contribution in [1.82, 2.24) is 9.38 Å². The van der Waals surface area contributed by atoms with Crippen LogP contribution in [0.4, 0.5) is 26.3 Å². The van der Waals surface area contributed by atoms with E-state index in [0.29, 0.717) is 11.3 Å². The Labute approximate surface area is 135 Å². The second-order valence-corrected chi connectivity index (χ2v) is 5.68. The molecule has 3 nitrogen and oxygen atoms in total. The fourth-order valence-corrected chi connectivity index (χ4v) is 2.66. The van der Waals surface area contributed by atoms with E-state index in [4.69, 9.17) is 0 Å². The lowest BCUT2D eigenvalue weighted by atomic mass is 10.1. The number of benzene rings is 1. The molecule has 0 amide bonds. The molecular formula is C14H8F6N2OS. The van der Waals surface area contributed by atoms with E-state index in [2.05, 4.69) is 9.72 Å². The van der Waals surface area contributed by atoms with Crippen LogP contribution >= 0.6 is 11.3 Å². The van der Waals surface area contributed by atoms with Gasteiger partial charge in [0.1, 0.15) is 5.75 Å². The van der Waals surface area contributed by atoms with Crippen molar-refractivity contribution in [2.75, 3.05) is 0 Å². The van der Waals surface area contributed by atoms with Gasteiger partial charge in [-0.1, -0.05) is 0 Å². The zero-order chi connectivity index (χ0) is 17.5. The molecule has 0 radical (unpaired) electrons. The average molecular weight is 366 g/mol. The highest BCUT2D eigenvalue weighted by atomic mass is 32.1. The van der Waals surface area contributed by atoms with Crippen LogP contribution in [-0.4, -0.2) is 27.8 Å². The van der Waals surface area contributed by atoms with Crippen molar-refractivity contribution in [3.63, 3.8) is 0 Å². The quantitative estimate of drug-likeness (QED) is 0.612. The number of fused-ring (bicyclic) bond motifs is 1. The Kier molecular flexibility index (Phi) is 3.94. The number of rotatable bonds is 4. The topological polar surface area (TPSA) is 26.5 Å². The van der Waals surface area contributed by atoms with Gasteiger partial charge in [0, 0.05) is 23.3 Å². The van der Waals surface area contributed by atoms with Crippen molar-refractivity contribution in [3.05, 3.63) is 42.0 Å². The summed E-state index contributed by atoms with van der Waals surface area (Å²) in [6, 6.07) is 4.75. The first-order valence-corrected chi connectivity index (χ1v) is 7.35. The van der Waals surface area contributed by atoms with Crippen molar-refractivity contribution in [2.45, 2.75) is 18.5 Å². The van der Waals surface area contributed by atoms with Gasteiger partial charge in [0.2, 0.25) is 0 Å². The fraction of sp³-hybridized carbons (Fsp3) is 0.214. The highest BCUT2D eigenvalue weighted by molar-refractivity contribution is 7.15. The van der Waals surface area contributed by atoms with Crippen LogP contribution in [0, 0.1) is 0 Å². The Hall–Kier alpha value is -2.23. The molecule has 0 fully saturated rings. The molecule has 3 rings (SSSR count). The number of hydrogen-bond donors (Lipinski definition) is 0. The summed E-state index contributed by atoms with van der Waals surface area (Å²) >= 11 is 1.40. The highest BCUT2D eigenvalue weighted by Gasteiger charge is 2.59. The number of imidazole rings is 1. The van der Waals surface area contributed by atoms with E-state index in [-0.39, 0.29) is 0 Å². The molecule has 24 heavy (non-hydrogen) atoms. The largest absolute Gasteiger partial charge is 0.439 e. The van der Waals surface area contributed by atoms with E-state index < -0.39 is 24.2 Å². The summed E-state index contributed by atoms with van der Waals surface area (Å²) in [4.78, 5) is 5.02. The van der Waals surface area contributed by atoms with Crippen LogP contribution in [-0.2, 0) is 0 Å². The molecule has 0 aliphatic rings. The van der Waals surface area contributed by atoms with E-state index in [1.807, 2.05) is 5.38 Å². The normalized spacial score (nSPS) is 14.1. The summed E-state index contributed by atoms with van der Waals surface area (Å²) in [6.07, 6.45) is -11.7. The van der Waals surface area contributed by atoms with Gasteiger partial charge in [-0.25, -0.2) is 9.37 Å². The van der Waals surface area contributed by atoms with Crippen molar-refractivity contribution < 1.29 is 31.1 Å². The first-order chi connectivity index (χ1) is 11.2. The lowest BCUT2D eigenvalue weighted by molar-refractivity contribution is -0.304. The molecule has 0 aliphatic carbocycles. The first kappa shape index (κ1) is 16.6. The Morgan fingerprint density at radius 2 is 1.75 bits per heavy atom. The number of alkyl halides is 6. The predicted octanol–water partition coefficient (Wildman–Crippen LogP) is 4.93. The number of hydrogen-bond acceptors (Lipinski definition) is 3. The van der Waals surface area contributed by atoms with Crippen molar-refractivity contribution >= 4 is 16.3 Å². The Morgan fingerprint density at radius 3 is 2.33 bits per heavy atom. The third-order valence-electron chi connectivity index (χ3n) is 3.08. The Bertz CT molecular complexity index is 810. The maximum absolute atomic E-state index is 13.2. The van der Waals surface area contributed by atoms with Gasteiger partial charge in [0.05, 0.1) is 5.69 Å². The van der Waals surface area contributed by atoms with Crippen LogP contribution in [0.2, 0.25) is 0 Å². The summed E-state index contributed by atoms with van der Waals surface area (Å²) < 4.78 is 81.0. The molecule has 2 aromatic heterocycles. The maximum Gasteiger partial charge on any atom is 0.439 e. The van der Waals surface area contributed by atoms with Crippen LogP contribution in [0.25, 0.3) is 16.2 Å². The fourth-order valence-electron chi connectivity index (χ4n) is 1.96. The summed E-state index contributed by atoms with van der Waals surface area (Å²) in [7, 11) is 0. The zero-order valence-corrected chi connectivity index (χ0v) is 12.4. The average Bonchev–Trinajstić information content (AvgIpc) is 3.07. The molecule has 2 heterocycles. The van der Waals surface area contributed by atoms with E-state index in [0.717, 1.165) is 17.1 Å². The van der Waals surface area contributed by atoms with Gasteiger partial charge in [0.15, 0.2) is 4.96 Å². The van der Waals surface area contributed by atoms with E-state index in [9.17, 15) is 26.3 Å². The monoisotopic (exact) mass is 366 g/mol. The predicted molar refractivity (Wildman–Crippen MR) is 75.0 cm³/mol. The van der Waals surface area contributed by atoms with Gasteiger partial charge in [-0.2, -0.15) is 22.0 Å². The molecule has 1 unspecified atom stereocenters. The third-order valence-corrected chi connectivity index (χ3v) is 3.85. The van der Waals surface area contributed by atoms with Crippen molar-refractivity contribution in [3.8, 4) is 17.0 Å². The summed E-state index contributed by atoms with van der Waals surface area (Å²) in [6.45, 7) is 0.